The van der Waals surface area contributed by atoms with Crippen molar-refractivity contribution in [1.29, 1.82) is 0 Å². The molecule has 0 fully saturated rings. The minimum Gasteiger partial charge on any atom is -0.458 e. The van der Waals surface area contributed by atoms with Crippen molar-refractivity contribution in [3.63, 3.8) is 0 Å². The Morgan fingerprint density at radius 1 is 1.21 bits per heavy atom. The lowest BCUT2D eigenvalue weighted by Gasteiger charge is -2.10. The molecule has 0 saturated carbocycles. The van der Waals surface area contributed by atoms with Crippen molar-refractivity contribution in [2.45, 2.75) is 13.3 Å². The summed E-state index contributed by atoms with van der Waals surface area (Å²) in [5.74, 6) is 0.0930. The molecule has 1 aromatic heterocycles. The van der Waals surface area contributed by atoms with Crippen LogP contribution in [-0.2, 0) is 6.42 Å². The van der Waals surface area contributed by atoms with E-state index in [1.54, 1.807) is 24.4 Å². The van der Waals surface area contributed by atoms with E-state index >= 15 is 0 Å². The van der Waals surface area contributed by atoms with Gasteiger partial charge in [-0.2, -0.15) is 0 Å². The van der Waals surface area contributed by atoms with Crippen LogP contribution < -0.4 is 15.4 Å². The lowest BCUT2D eigenvalue weighted by Crippen LogP contribution is -2.49. The number of hydrogen-bond donors (Lipinski definition) is 3. The number of anilines is 1. The fourth-order valence-corrected chi connectivity index (χ4v) is 1.95. The number of para-hydroxylation sites is 1. The highest BCUT2D eigenvalue weighted by Crippen LogP contribution is 2.15. The summed E-state index contributed by atoms with van der Waals surface area (Å²) in [7, 11) is 0. The third kappa shape index (κ3) is 3.42. The molecule has 0 aliphatic heterocycles. The summed E-state index contributed by atoms with van der Waals surface area (Å²) in [4.78, 5) is 0. The number of aromatic hydroxyl groups is 1. The molecule has 0 saturated heterocycles. The smallest absolute Gasteiger partial charge is 0.394 e. The van der Waals surface area contributed by atoms with Crippen LogP contribution in [0, 0.1) is 0 Å². The predicted molar refractivity (Wildman–Crippen MR) is 79.7 cm³/mol. The zero-order valence-electron chi connectivity index (χ0n) is 10.6. The lowest BCUT2D eigenvalue weighted by molar-refractivity contribution is -0.647. The molecule has 2 aromatic rings. The van der Waals surface area contributed by atoms with Crippen LogP contribution in [0.15, 0.2) is 48.7 Å². The van der Waals surface area contributed by atoms with Gasteiger partial charge in [-0.05, 0) is 41.0 Å². The Balaban J connectivity index is 2.08. The van der Waals surface area contributed by atoms with Gasteiger partial charge in [0.05, 0.1) is 6.07 Å². The summed E-state index contributed by atoms with van der Waals surface area (Å²) in [6.07, 6.45) is 2.62. The highest BCUT2D eigenvalue weighted by atomic mass is 32.1. The standard InChI is InChI=1S/C14H15N3OS/c1-2-11-7-3-4-8-12(11)15-14(19)16-17-10-6-5-9-13(17)18/h3-10H,2H2,1H3,(H2,15,16,19)/p+1. The van der Waals surface area contributed by atoms with Gasteiger partial charge >= 0.3 is 5.88 Å². The molecule has 0 radical (unpaired) electrons. The first-order valence-corrected chi connectivity index (χ1v) is 6.47. The summed E-state index contributed by atoms with van der Waals surface area (Å²) in [6, 6.07) is 13.1. The minimum atomic E-state index is 0.0930. The van der Waals surface area contributed by atoms with Crippen molar-refractivity contribution in [2.75, 3.05) is 10.7 Å². The van der Waals surface area contributed by atoms with Gasteiger partial charge in [0.1, 0.15) is 0 Å². The second-order valence-corrected chi connectivity index (χ2v) is 4.41. The average Bonchev–Trinajstić information content (AvgIpc) is 2.42. The largest absolute Gasteiger partial charge is 0.458 e. The molecule has 0 amide bonds. The van der Waals surface area contributed by atoms with Gasteiger partial charge in [-0.3, -0.25) is 0 Å². The molecule has 0 spiro atoms. The van der Waals surface area contributed by atoms with E-state index in [-0.39, 0.29) is 5.88 Å². The van der Waals surface area contributed by atoms with Crippen molar-refractivity contribution in [2.24, 2.45) is 0 Å². The van der Waals surface area contributed by atoms with E-state index < -0.39 is 0 Å². The molecule has 0 unspecified atom stereocenters. The lowest BCUT2D eigenvalue weighted by atomic mass is 10.1. The molecule has 2 rings (SSSR count). The number of rotatable bonds is 3. The highest BCUT2D eigenvalue weighted by Gasteiger charge is 2.10. The zero-order valence-corrected chi connectivity index (χ0v) is 11.4. The Morgan fingerprint density at radius 2 is 1.95 bits per heavy atom. The predicted octanol–water partition coefficient (Wildman–Crippen LogP) is 2.18. The zero-order chi connectivity index (χ0) is 13.7. The van der Waals surface area contributed by atoms with Gasteiger partial charge in [0.15, 0.2) is 0 Å². The Kier molecular flexibility index (Phi) is 4.30. The summed E-state index contributed by atoms with van der Waals surface area (Å²) in [5, 5.41) is 13.2. The van der Waals surface area contributed by atoms with E-state index in [1.165, 1.54) is 10.2 Å². The summed E-state index contributed by atoms with van der Waals surface area (Å²) in [5.41, 5.74) is 5.06. The number of aryl methyl sites for hydroxylation is 1. The molecule has 19 heavy (non-hydrogen) atoms. The number of hydrogen-bond acceptors (Lipinski definition) is 2. The van der Waals surface area contributed by atoms with Gasteiger partial charge in [0.2, 0.25) is 11.3 Å². The second kappa shape index (κ2) is 6.15. The molecule has 1 heterocycles. The third-order valence-electron chi connectivity index (χ3n) is 2.71. The molecule has 0 atom stereocenters. The van der Waals surface area contributed by atoms with Gasteiger partial charge < -0.3 is 10.4 Å². The molecule has 1 aromatic carbocycles. The Bertz CT molecular complexity index is 586. The highest BCUT2D eigenvalue weighted by molar-refractivity contribution is 7.80. The third-order valence-corrected chi connectivity index (χ3v) is 2.90. The van der Waals surface area contributed by atoms with Gasteiger partial charge in [-0.15, -0.1) is 5.43 Å². The number of aromatic nitrogens is 1. The van der Waals surface area contributed by atoms with Crippen LogP contribution in [0.1, 0.15) is 12.5 Å². The average molecular weight is 274 g/mol. The van der Waals surface area contributed by atoms with Crippen LogP contribution in [0.25, 0.3) is 0 Å². The first kappa shape index (κ1) is 13.3. The van der Waals surface area contributed by atoms with Crippen molar-refractivity contribution >= 4 is 23.0 Å². The fourth-order valence-electron chi connectivity index (χ4n) is 1.74. The molecule has 0 bridgehead atoms. The Hall–Kier alpha value is -2.14. The van der Waals surface area contributed by atoms with Gasteiger partial charge in [-0.25, -0.2) is 0 Å². The normalized spacial score (nSPS) is 9.95. The SMILES string of the molecule is CCc1ccccc1NC(=S)N[n+]1ccccc1O. The van der Waals surface area contributed by atoms with Crippen LogP contribution in [0.4, 0.5) is 5.69 Å². The molecule has 3 N–H and O–H groups in total. The van der Waals surface area contributed by atoms with Crippen molar-refractivity contribution in [3.05, 3.63) is 54.2 Å². The summed E-state index contributed by atoms with van der Waals surface area (Å²) >= 11 is 5.23. The number of benzene rings is 1. The maximum atomic E-state index is 9.64. The van der Waals surface area contributed by atoms with Crippen molar-refractivity contribution in [1.82, 2.24) is 0 Å². The molecule has 0 aliphatic carbocycles. The van der Waals surface area contributed by atoms with Crippen LogP contribution in [-0.4, -0.2) is 10.2 Å². The molecular weight excluding hydrogens is 258 g/mol. The van der Waals surface area contributed by atoms with E-state index in [9.17, 15) is 5.11 Å². The first-order chi connectivity index (χ1) is 9.20. The van der Waals surface area contributed by atoms with Crippen LogP contribution >= 0.6 is 12.2 Å². The summed E-state index contributed by atoms with van der Waals surface area (Å²) < 4.78 is 1.45. The molecule has 0 aliphatic rings. The topological polar surface area (TPSA) is 48.2 Å². The van der Waals surface area contributed by atoms with E-state index in [2.05, 4.69) is 23.7 Å². The van der Waals surface area contributed by atoms with Gasteiger partial charge in [0.25, 0.3) is 0 Å². The van der Waals surface area contributed by atoms with Crippen LogP contribution in [0.5, 0.6) is 5.88 Å². The van der Waals surface area contributed by atoms with E-state index in [4.69, 9.17) is 12.2 Å². The monoisotopic (exact) mass is 274 g/mol. The van der Waals surface area contributed by atoms with E-state index in [1.807, 2.05) is 18.2 Å². The van der Waals surface area contributed by atoms with Crippen molar-refractivity contribution < 1.29 is 9.78 Å². The Morgan fingerprint density at radius 3 is 2.68 bits per heavy atom. The fraction of sp³-hybridized carbons (Fsp3) is 0.143. The van der Waals surface area contributed by atoms with E-state index in [0.717, 1.165) is 12.1 Å². The van der Waals surface area contributed by atoms with Crippen LogP contribution in [0.3, 0.4) is 0 Å². The maximum Gasteiger partial charge on any atom is 0.394 e. The van der Waals surface area contributed by atoms with Crippen molar-refractivity contribution in [3.8, 4) is 5.88 Å². The van der Waals surface area contributed by atoms with Gasteiger partial charge in [-0.1, -0.05) is 25.1 Å². The van der Waals surface area contributed by atoms with Gasteiger partial charge in [0, 0.05) is 11.8 Å². The number of thiocarbonyl (C=S) groups is 1. The second-order valence-electron chi connectivity index (χ2n) is 4.01. The summed E-state index contributed by atoms with van der Waals surface area (Å²) in [6.45, 7) is 2.09. The first-order valence-electron chi connectivity index (χ1n) is 6.06. The molecular formula is C14H16N3OS+. The number of nitrogens with zero attached hydrogens (tertiary/aromatic N) is 1. The molecule has 98 valence electrons. The number of nitrogens with one attached hydrogen (secondary N) is 2. The molecule has 4 nitrogen and oxygen atoms in total. The quantitative estimate of drug-likeness (QED) is 0.593. The van der Waals surface area contributed by atoms with E-state index in [0.29, 0.717) is 5.11 Å². The van der Waals surface area contributed by atoms with Crippen LogP contribution in [0.2, 0.25) is 0 Å². The number of pyridine rings is 1. The maximum absolute atomic E-state index is 9.64. The Labute approximate surface area is 117 Å². The minimum absolute atomic E-state index is 0.0930. The molecule has 5 heteroatoms.